The fourth-order valence-corrected chi connectivity index (χ4v) is 4.96. The van der Waals surface area contributed by atoms with Crippen LogP contribution in [0.15, 0.2) is 29.2 Å². The number of hydrogen-bond acceptors (Lipinski definition) is 9. The summed E-state index contributed by atoms with van der Waals surface area (Å²) in [7, 11) is 0. The molecule has 2 aromatic heterocycles. The number of aromatic nitrogens is 3. The fraction of sp³-hybridized carbons (Fsp3) is 0.522. The van der Waals surface area contributed by atoms with Crippen LogP contribution in [-0.2, 0) is 16.0 Å². The molecule has 3 atom stereocenters. The summed E-state index contributed by atoms with van der Waals surface area (Å²) in [6.45, 7) is 1.93. The van der Waals surface area contributed by atoms with Crippen molar-refractivity contribution in [1.29, 1.82) is 0 Å². The molecule has 14 heteroatoms. The van der Waals surface area contributed by atoms with Crippen molar-refractivity contribution in [2.75, 3.05) is 41.4 Å². The number of hydrogen-bond donors (Lipinski definition) is 1. The van der Waals surface area contributed by atoms with Crippen LogP contribution in [0.25, 0.3) is 0 Å². The van der Waals surface area contributed by atoms with E-state index in [1.807, 2.05) is 4.90 Å². The van der Waals surface area contributed by atoms with Crippen molar-refractivity contribution < 1.29 is 32.2 Å². The van der Waals surface area contributed by atoms with Gasteiger partial charge in [0.25, 0.3) is 5.56 Å². The highest BCUT2D eigenvalue weighted by Gasteiger charge is 2.48. The molecule has 0 radical (unpaired) electrons. The lowest BCUT2D eigenvalue weighted by Crippen LogP contribution is -2.54. The molecule has 3 aliphatic rings. The van der Waals surface area contributed by atoms with Crippen LogP contribution >= 0.6 is 0 Å². The number of nitrogens with zero attached hydrogens (tertiary/aromatic N) is 5. The Morgan fingerprint density at radius 3 is 2.73 bits per heavy atom. The Kier molecular flexibility index (Phi) is 6.52. The predicted octanol–water partition coefficient (Wildman–Crippen LogP) is 2.21. The third-order valence-electron chi connectivity index (χ3n) is 6.71. The summed E-state index contributed by atoms with van der Waals surface area (Å²) in [6.07, 6.45) is -3.84. The number of ketones is 1. The second-order valence-electron chi connectivity index (χ2n) is 9.08. The van der Waals surface area contributed by atoms with E-state index in [4.69, 9.17) is 9.47 Å². The van der Waals surface area contributed by atoms with E-state index in [0.717, 1.165) is 17.5 Å². The number of Topliss-reactive ketones (excluding diaryl/α,β-unsaturated/α-hetero) is 1. The molecule has 198 valence electrons. The summed E-state index contributed by atoms with van der Waals surface area (Å²) in [5.41, 5.74) is -0.433. The van der Waals surface area contributed by atoms with Gasteiger partial charge in [0.1, 0.15) is 17.7 Å². The number of carbonyl (C=O) groups is 2. The maximum Gasteiger partial charge on any atom is 0.412 e. The first kappa shape index (κ1) is 25.0. The molecule has 0 spiro atoms. The van der Waals surface area contributed by atoms with E-state index in [1.165, 1.54) is 22.8 Å². The molecule has 5 rings (SSSR count). The molecule has 1 unspecified atom stereocenters. The summed E-state index contributed by atoms with van der Waals surface area (Å²) < 4.78 is 53.6. The number of morpholine rings is 1. The highest BCUT2D eigenvalue weighted by atomic mass is 19.4. The summed E-state index contributed by atoms with van der Waals surface area (Å²) in [5.74, 6) is -0.440. The van der Waals surface area contributed by atoms with Crippen molar-refractivity contribution in [2.24, 2.45) is 0 Å². The van der Waals surface area contributed by atoms with Gasteiger partial charge in [0.2, 0.25) is 5.95 Å². The van der Waals surface area contributed by atoms with E-state index in [0.29, 0.717) is 13.2 Å². The zero-order valence-electron chi connectivity index (χ0n) is 19.9. The zero-order chi connectivity index (χ0) is 26.3. The predicted molar refractivity (Wildman–Crippen MR) is 125 cm³/mol. The number of carbonyl (C=O) groups excluding carboxylic acids is 2. The Bertz CT molecular complexity index is 1250. The number of alkyl halides is 3. The average molecular weight is 522 g/mol. The van der Waals surface area contributed by atoms with Crippen LogP contribution < -0.4 is 20.7 Å². The summed E-state index contributed by atoms with van der Waals surface area (Å²) in [4.78, 5) is 48.7. The van der Waals surface area contributed by atoms with Crippen molar-refractivity contribution in [3.8, 4) is 0 Å². The Labute approximate surface area is 209 Å². The van der Waals surface area contributed by atoms with Crippen LogP contribution in [0.5, 0.6) is 0 Å². The van der Waals surface area contributed by atoms with Crippen LogP contribution in [0.3, 0.4) is 0 Å². The largest absolute Gasteiger partial charge is 0.450 e. The van der Waals surface area contributed by atoms with Crippen LogP contribution in [0.4, 0.5) is 35.5 Å². The normalized spacial score (nSPS) is 22.6. The zero-order valence-corrected chi connectivity index (χ0v) is 19.9. The number of amides is 1. The van der Waals surface area contributed by atoms with Crippen molar-refractivity contribution in [1.82, 2.24) is 14.5 Å². The first-order valence-electron chi connectivity index (χ1n) is 11.9. The van der Waals surface area contributed by atoms with Gasteiger partial charge in [-0.15, -0.1) is 0 Å². The van der Waals surface area contributed by atoms with Crippen LogP contribution in [0, 0.1) is 0 Å². The van der Waals surface area contributed by atoms with Crippen LogP contribution in [0.1, 0.15) is 30.1 Å². The quantitative estimate of drug-likeness (QED) is 0.570. The molecule has 0 aliphatic carbocycles. The number of anilines is 3. The van der Waals surface area contributed by atoms with Gasteiger partial charge in [0, 0.05) is 30.9 Å². The maximum absolute atomic E-state index is 14.0. The van der Waals surface area contributed by atoms with Gasteiger partial charge in [-0.25, -0.2) is 9.78 Å². The molecule has 2 fully saturated rings. The van der Waals surface area contributed by atoms with Crippen LogP contribution in [0.2, 0.25) is 0 Å². The molecule has 1 N–H and O–H groups in total. The Morgan fingerprint density at radius 1 is 1.30 bits per heavy atom. The van der Waals surface area contributed by atoms with Gasteiger partial charge in [0.15, 0.2) is 5.78 Å². The first-order valence-corrected chi connectivity index (χ1v) is 11.9. The van der Waals surface area contributed by atoms with E-state index in [9.17, 15) is 27.6 Å². The number of ether oxygens (including phenoxy) is 2. The molecule has 2 bridgehead atoms. The number of halogens is 3. The molecule has 0 aromatic carbocycles. The molecule has 3 aliphatic heterocycles. The molecule has 37 heavy (non-hydrogen) atoms. The number of nitrogens with one attached hydrogen (secondary N) is 1. The van der Waals surface area contributed by atoms with E-state index in [1.54, 1.807) is 6.92 Å². The van der Waals surface area contributed by atoms with Gasteiger partial charge in [-0.2, -0.15) is 18.2 Å². The second-order valence-corrected chi connectivity index (χ2v) is 9.08. The lowest BCUT2D eigenvalue weighted by Gasteiger charge is -2.39. The Balaban J connectivity index is 1.43. The highest BCUT2D eigenvalue weighted by Crippen LogP contribution is 2.36. The monoisotopic (exact) mass is 522 g/mol. The maximum atomic E-state index is 14.0. The number of fused-ring (bicyclic) bond motifs is 3. The smallest absolute Gasteiger partial charge is 0.412 e. The molecule has 5 heterocycles. The van der Waals surface area contributed by atoms with Gasteiger partial charge in [-0.05, 0) is 31.9 Å². The third-order valence-corrected chi connectivity index (χ3v) is 6.71. The average Bonchev–Trinajstić information content (AvgIpc) is 3.48. The standard InChI is InChI=1S/C23H25F3N6O5/c1-2-36-22(35)28-18-4-3-13(9-27-18)16(33)11-32-17(23(24,25)26)5-6-30-20(34)8-19(29-21(30)32)31-10-15-7-14(31)12-37-15/h3-4,8-9,14-15,17H,2,5-7,10-12H2,1H3,(H,27,28,35)/t14-,15-,17?/m0/s1. The van der Waals surface area contributed by atoms with Crippen molar-refractivity contribution in [3.63, 3.8) is 0 Å². The van der Waals surface area contributed by atoms with E-state index in [2.05, 4.69) is 15.3 Å². The van der Waals surface area contributed by atoms with Gasteiger partial charge in [0.05, 0.1) is 31.9 Å². The van der Waals surface area contributed by atoms with E-state index >= 15 is 0 Å². The van der Waals surface area contributed by atoms with Gasteiger partial charge < -0.3 is 19.3 Å². The Hall–Kier alpha value is -3.68. The molecule has 0 saturated carbocycles. The lowest BCUT2D eigenvalue weighted by molar-refractivity contribution is -0.152. The van der Waals surface area contributed by atoms with Crippen LogP contribution in [-0.4, -0.2) is 77.1 Å². The summed E-state index contributed by atoms with van der Waals surface area (Å²) in [6, 6.07) is 2.04. The highest BCUT2D eigenvalue weighted by molar-refractivity contribution is 5.99. The first-order chi connectivity index (χ1) is 17.6. The van der Waals surface area contributed by atoms with Gasteiger partial charge >= 0.3 is 12.3 Å². The molecular formula is C23H25F3N6O5. The van der Waals surface area contributed by atoms with Gasteiger partial charge in [-0.1, -0.05) is 0 Å². The van der Waals surface area contributed by atoms with Crippen molar-refractivity contribution in [2.45, 2.75) is 50.7 Å². The molecule has 11 nitrogen and oxygen atoms in total. The molecule has 2 saturated heterocycles. The minimum atomic E-state index is -4.65. The molecule has 2 aromatic rings. The minimum absolute atomic E-state index is 0.0000165. The van der Waals surface area contributed by atoms with Crippen molar-refractivity contribution >= 4 is 29.5 Å². The third kappa shape index (κ3) is 4.97. The lowest BCUT2D eigenvalue weighted by atomic mass is 10.1. The molecule has 1 amide bonds. The SMILES string of the molecule is CCOC(=O)Nc1ccc(C(=O)CN2c3nc(N4C[C@@H]5C[C@H]4CO5)cc(=O)n3CCC2C(F)(F)F)cn1. The van der Waals surface area contributed by atoms with E-state index in [-0.39, 0.29) is 48.4 Å². The fourth-order valence-electron chi connectivity index (χ4n) is 4.96. The number of rotatable bonds is 6. The van der Waals surface area contributed by atoms with Crippen molar-refractivity contribution in [3.05, 3.63) is 40.3 Å². The topological polar surface area (TPSA) is 119 Å². The number of pyridine rings is 1. The second kappa shape index (κ2) is 9.65. The summed E-state index contributed by atoms with van der Waals surface area (Å²) in [5, 5.41) is 2.38. The molecular weight excluding hydrogens is 497 g/mol. The minimum Gasteiger partial charge on any atom is -0.450 e. The summed E-state index contributed by atoms with van der Waals surface area (Å²) >= 11 is 0. The Morgan fingerprint density at radius 2 is 2.11 bits per heavy atom. The van der Waals surface area contributed by atoms with E-state index < -0.39 is 42.6 Å². The van der Waals surface area contributed by atoms with Gasteiger partial charge in [-0.3, -0.25) is 19.5 Å².